The van der Waals surface area contributed by atoms with Crippen LogP contribution in [0.5, 0.6) is 5.75 Å². The summed E-state index contributed by atoms with van der Waals surface area (Å²) in [6, 6.07) is 17.7. The molecule has 0 N–H and O–H groups in total. The Bertz CT molecular complexity index is 1770. The Kier molecular flexibility index (Phi) is 15.2. The Hall–Kier alpha value is -6.34. The number of isocyanates is 2. The number of ether oxygens (including phenoxy) is 3. The number of carbonyl (C=O) groups excluding carboxylic acids is 7. The second kappa shape index (κ2) is 20.0. The summed E-state index contributed by atoms with van der Waals surface area (Å²) in [4.78, 5) is 90.8. The molecule has 0 bridgehead atoms. The molecule has 0 aliphatic heterocycles. The van der Waals surface area contributed by atoms with Gasteiger partial charge < -0.3 is 14.2 Å². The van der Waals surface area contributed by atoms with Crippen LogP contribution in [-0.2, 0) is 39.9 Å². The van der Waals surface area contributed by atoms with E-state index in [1.807, 2.05) is 0 Å². The van der Waals surface area contributed by atoms with Crippen LogP contribution in [0.1, 0.15) is 64.8 Å². The van der Waals surface area contributed by atoms with Crippen LogP contribution < -0.4 is 4.74 Å². The number of Topliss-reactive ketones (excluding diaryl/α,β-unsaturated/α-hetero) is 3. The number of aliphatic imine (C=N–C) groups is 2. The molecule has 0 fully saturated rings. The van der Waals surface area contributed by atoms with Crippen LogP contribution in [0.25, 0.3) is 0 Å². The topological polar surface area (TPSA) is 196 Å². The molecule has 3 rings (SSSR count). The maximum absolute atomic E-state index is 13.3. The molecular weight excluding hydrogens is 634 g/mol. The third kappa shape index (κ3) is 13.1. The molecule has 250 valence electrons. The molecule has 0 aliphatic rings. The van der Waals surface area contributed by atoms with E-state index in [9.17, 15) is 33.6 Å². The maximum Gasteiger partial charge on any atom is 0.338 e. The minimum Gasteiger partial charge on any atom is -0.454 e. The highest BCUT2D eigenvalue weighted by Crippen LogP contribution is 2.21. The fourth-order valence-corrected chi connectivity index (χ4v) is 4.65. The van der Waals surface area contributed by atoms with E-state index in [1.165, 1.54) is 66.9 Å². The van der Waals surface area contributed by atoms with E-state index in [-0.39, 0.29) is 47.7 Å². The second-order valence-electron chi connectivity index (χ2n) is 10.7. The summed E-state index contributed by atoms with van der Waals surface area (Å²) in [7, 11) is 0. The first-order chi connectivity index (χ1) is 23.7. The van der Waals surface area contributed by atoms with Crippen molar-refractivity contribution in [2.45, 2.75) is 44.9 Å². The van der Waals surface area contributed by atoms with Crippen molar-refractivity contribution >= 4 is 52.8 Å². The van der Waals surface area contributed by atoms with Gasteiger partial charge in [-0.2, -0.15) is 9.98 Å². The van der Waals surface area contributed by atoms with Crippen molar-refractivity contribution in [3.8, 4) is 12.0 Å². The van der Waals surface area contributed by atoms with Crippen molar-refractivity contribution in [2.24, 2.45) is 15.9 Å². The zero-order valence-corrected chi connectivity index (χ0v) is 26.3. The van der Waals surface area contributed by atoms with Crippen LogP contribution >= 0.6 is 0 Å². The smallest absolute Gasteiger partial charge is 0.338 e. The third-order valence-electron chi connectivity index (χ3n) is 7.19. The zero-order valence-electron chi connectivity index (χ0n) is 26.3. The molecule has 13 nitrogen and oxygen atoms in total. The average molecular weight is 666 g/mol. The van der Waals surface area contributed by atoms with E-state index in [0.717, 1.165) is 0 Å². The van der Waals surface area contributed by atoms with Crippen LogP contribution in [0.4, 0.5) is 11.4 Å². The van der Waals surface area contributed by atoms with E-state index in [0.29, 0.717) is 42.6 Å². The molecule has 1 unspecified atom stereocenters. The molecule has 13 heteroatoms. The van der Waals surface area contributed by atoms with Gasteiger partial charge in [0.15, 0.2) is 11.6 Å². The van der Waals surface area contributed by atoms with Gasteiger partial charge in [0.25, 0.3) is 6.26 Å². The van der Waals surface area contributed by atoms with Gasteiger partial charge in [-0.3, -0.25) is 14.4 Å². The predicted molar refractivity (Wildman–Crippen MR) is 172 cm³/mol. The Labute approximate surface area is 281 Å². The number of unbranched alkanes of at least 4 members (excludes halogenated alkanes) is 2. The van der Waals surface area contributed by atoms with Gasteiger partial charge in [-0.1, -0.05) is 25.0 Å². The molecule has 0 aliphatic carbocycles. The lowest BCUT2D eigenvalue weighted by atomic mass is 9.88. The van der Waals surface area contributed by atoms with Crippen molar-refractivity contribution in [1.29, 1.82) is 5.26 Å². The Morgan fingerprint density at radius 2 is 1.20 bits per heavy atom. The normalized spacial score (nSPS) is 10.7. The van der Waals surface area contributed by atoms with Crippen LogP contribution in [0.2, 0.25) is 0 Å². The van der Waals surface area contributed by atoms with Gasteiger partial charge in [0, 0.05) is 25.2 Å². The van der Waals surface area contributed by atoms with E-state index < -0.39 is 36.9 Å². The lowest BCUT2D eigenvalue weighted by Gasteiger charge is -2.16. The Morgan fingerprint density at radius 3 is 1.76 bits per heavy atom. The van der Waals surface area contributed by atoms with E-state index in [4.69, 9.17) is 14.7 Å². The molecule has 0 amide bonds. The van der Waals surface area contributed by atoms with Gasteiger partial charge in [-0.15, -0.1) is 5.26 Å². The predicted octanol–water partition coefficient (Wildman–Crippen LogP) is 5.40. The first-order valence-corrected chi connectivity index (χ1v) is 15.1. The fraction of sp³-hybridized carbons (Fsp3) is 0.278. The minimum absolute atomic E-state index is 0.0242. The molecule has 0 spiro atoms. The number of ketones is 3. The van der Waals surface area contributed by atoms with Gasteiger partial charge in [-0.05, 0) is 79.1 Å². The molecular formula is C36H31N3O10. The van der Waals surface area contributed by atoms with Gasteiger partial charge in [0.05, 0.1) is 22.5 Å². The number of hydrogen-bond acceptors (Lipinski definition) is 13. The van der Waals surface area contributed by atoms with E-state index >= 15 is 0 Å². The quantitative estimate of drug-likeness (QED) is 0.0492. The van der Waals surface area contributed by atoms with E-state index in [2.05, 4.69) is 14.7 Å². The van der Waals surface area contributed by atoms with Gasteiger partial charge in [0.2, 0.25) is 12.2 Å². The molecule has 0 saturated carbocycles. The fourth-order valence-electron chi connectivity index (χ4n) is 4.65. The number of benzene rings is 3. The molecule has 0 saturated heterocycles. The average Bonchev–Trinajstić information content (AvgIpc) is 3.10. The van der Waals surface area contributed by atoms with Gasteiger partial charge in [0.1, 0.15) is 24.7 Å². The molecule has 0 heterocycles. The summed E-state index contributed by atoms with van der Waals surface area (Å²) < 4.78 is 14.9. The highest BCUT2D eigenvalue weighted by Gasteiger charge is 2.23. The van der Waals surface area contributed by atoms with Crippen molar-refractivity contribution in [2.75, 3.05) is 13.2 Å². The first kappa shape index (κ1) is 37.1. The van der Waals surface area contributed by atoms with Crippen LogP contribution in [0.15, 0.2) is 82.8 Å². The molecule has 1 atom stereocenters. The lowest BCUT2D eigenvalue weighted by molar-refractivity contribution is -0.129. The summed E-state index contributed by atoms with van der Waals surface area (Å²) in [5.74, 6) is -2.80. The monoisotopic (exact) mass is 665 g/mol. The standard InChI is InChI=1S/C36H31N3O10/c37-22-49-33-16-10-27(11-17-33)36(46)47-20-31(42)5-3-1-2-4-28(34(44)18-25-6-12-29(13-7-25)38-23-40)19-32(43)21-48-35(45)26-8-14-30(15-9-26)39-24-41/h6-17,28H,1-5,18-21H2. The maximum atomic E-state index is 13.3. The summed E-state index contributed by atoms with van der Waals surface area (Å²) in [6.07, 6.45) is 6.28. The summed E-state index contributed by atoms with van der Waals surface area (Å²) in [5.41, 5.74) is 1.69. The number of nitrogens with zero attached hydrogens (tertiary/aromatic N) is 3. The van der Waals surface area contributed by atoms with Gasteiger partial charge in [-0.25, -0.2) is 19.2 Å². The number of hydrogen-bond donors (Lipinski definition) is 0. The van der Waals surface area contributed by atoms with E-state index in [1.54, 1.807) is 24.3 Å². The summed E-state index contributed by atoms with van der Waals surface area (Å²) in [6.45, 7) is -0.947. The van der Waals surface area contributed by atoms with Crippen LogP contribution in [0, 0.1) is 17.4 Å². The van der Waals surface area contributed by atoms with Crippen molar-refractivity contribution in [1.82, 2.24) is 0 Å². The summed E-state index contributed by atoms with van der Waals surface area (Å²) in [5, 5.41) is 8.53. The lowest BCUT2D eigenvalue weighted by Crippen LogP contribution is -2.23. The Balaban J connectivity index is 1.49. The van der Waals surface area contributed by atoms with Crippen molar-refractivity contribution in [3.05, 3.63) is 89.5 Å². The molecule has 3 aromatic rings. The van der Waals surface area contributed by atoms with Gasteiger partial charge >= 0.3 is 11.9 Å². The molecule has 49 heavy (non-hydrogen) atoms. The minimum atomic E-state index is -0.755. The second-order valence-corrected chi connectivity index (χ2v) is 10.7. The number of rotatable bonds is 20. The largest absolute Gasteiger partial charge is 0.454 e. The van der Waals surface area contributed by atoms with Crippen molar-refractivity contribution in [3.63, 3.8) is 0 Å². The van der Waals surface area contributed by atoms with Crippen LogP contribution in [-0.4, -0.2) is 54.7 Å². The molecule has 0 radical (unpaired) electrons. The highest BCUT2D eigenvalue weighted by atomic mass is 16.5. The first-order valence-electron chi connectivity index (χ1n) is 15.1. The summed E-state index contributed by atoms with van der Waals surface area (Å²) >= 11 is 0. The number of carbonyl (C=O) groups is 5. The number of nitriles is 1. The molecule has 3 aromatic carbocycles. The number of esters is 2. The highest BCUT2D eigenvalue weighted by molar-refractivity contribution is 5.94. The van der Waals surface area contributed by atoms with Crippen LogP contribution in [0.3, 0.4) is 0 Å². The SMILES string of the molecule is N#COc1ccc(C(=O)OCC(=O)CCCCCC(CC(=O)COC(=O)c2ccc(N=C=O)cc2)C(=O)Cc2ccc(N=C=O)cc2)cc1. The molecule has 0 aromatic heterocycles. The zero-order chi connectivity index (χ0) is 35.4. The third-order valence-corrected chi connectivity index (χ3v) is 7.19. The Morgan fingerprint density at radius 1 is 0.673 bits per heavy atom. The van der Waals surface area contributed by atoms with Crippen molar-refractivity contribution < 1.29 is 47.8 Å².